The second kappa shape index (κ2) is 17.1. The van der Waals surface area contributed by atoms with Crippen molar-refractivity contribution in [3.05, 3.63) is 96.1 Å². The highest BCUT2D eigenvalue weighted by molar-refractivity contribution is 6.04. The topological polar surface area (TPSA) is 121 Å². The Morgan fingerprint density at radius 1 is 1.02 bits per heavy atom. The zero-order chi connectivity index (χ0) is 36.7. The Hall–Kier alpha value is -4.18. The fourth-order valence-corrected chi connectivity index (χ4v) is 8.93. The first kappa shape index (κ1) is 37.6. The highest BCUT2D eigenvalue weighted by Gasteiger charge is 2.65. The first-order valence-corrected chi connectivity index (χ1v) is 19.1. The molecule has 2 aliphatic carbocycles. The van der Waals surface area contributed by atoms with Crippen molar-refractivity contribution in [3.8, 4) is 11.5 Å². The number of hydrogen-bond acceptors (Lipinski definition) is 8. The number of aliphatic hydroxyl groups is 2. The maximum absolute atomic E-state index is 14.9. The molecule has 1 heterocycles. The molecule has 52 heavy (non-hydrogen) atoms. The second-order valence-corrected chi connectivity index (χ2v) is 14.3. The molecule has 3 N–H and O–H groups in total. The number of rotatable bonds is 17. The second-order valence-electron chi connectivity index (χ2n) is 14.3. The molecule has 278 valence electrons. The summed E-state index contributed by atoms with van der Waals surface area (Å²) in [5.74, 6) is -1.03. The van der Waals surface area contributed by atoms with E-state index >= 15 is 0 Å². The average molecular weight is 711 g/mol. The van der Waals surface area contributed by atoms with Crippen LogP contribution in [0.4, 0.5) is 0 Å². The molecule has 0 spiro atoms. The fourth-order valence-electron chi connectivity index (χ4n) is 8.93. The SMILES string of the molecule is C=CCO[C@@]12Oc3ccc(O)cc3[C@H]3[C@H](CCCCO)[C@@H](CCCCO)C=C(C(=NOCC)C[C@@H]1N(CCC)C(=O)c1ccc4ccccc4c1)[C@H]32. The molecule has 0 unspecified atom stereocenters. The Morgan fingerprint density at radius 2 is 1.79 bits per heavy atom. The van der Waals surface area contributed by atoms with Gasteiger partial charge in [0.2, 0.25) is 5.79 Å². The number of unbranched alkanes of at least 4 members (excludes halogenated alkanes) is 2. The van der Waals surface area contributed by atoms with Gasteiger partial charge in [0.05, 0.1) is 18.2 Å². The van der Waals surface area contributed by atoms with Gasteiger partial charge in [-0.3, -0.25) is 4.79 Å². The summed E-state index contributed by atoms with van der Waals surface area (Å²) in [4.78, 5) is 22.6. The van der Waals surface area contributed by atoms with Crippen LogP contribution in [-0.4, -0.2) is 76.6 Å². The minimum atomic E-state index is -1.33. The Bertz CT molecular complexity index is 1770. The van der Waals surface area contributed by atoms with Crippen molar-refractivity contribution < 1.29 is 34.4 Å². The van der Waals surface area contributed by atoms with Crippen molar-refractivity contribution in [1.82, 2.24) is 4.90 Å². The number of fused-ring (bicyclic) bond motifs is 3. The molecule has 1 fully saturated rings. The standard InChI is InChI=1S/C43H54N2O7/c1-4-21-45(42(49)32-18-17-29-13-7-8-14-30(29)25-32)39-28-37(44-51-6-3)35-26-31(15-9-11-22-46)34(16-10-12-23-47)40-36-27-33(48)19-20-38(36)52-43(39,41(35)40)50-24-5-2/h5,7-8,13-14,17-20,25-27,31,34,39-41,46-48H,2,4,6,9-12,15-16,21-24,28H2,1,3H3/t31-,34+,39-,40+,41+,43+/m0/s1. The number of allylic oxidation sites excluding steroid dienone is 1. The van der Waals surface area contributed by atoms with E-state index in [1.54, 1.807) is 12.1 Å². The van der Waals surface area contributed by atoms with Gasteiger partial charge in [-0.2, -0.15) is 0 Å². The molecule has 1 saturated carbocycles. The predicted octanol–water partition coefficient (Wildman–Crippen LogP) is 7.75. The van der Waals surface area contributed by atoms with Crippen molar-refractivity contribution >= 4 is 22.4 Å². The molecule has 3 aromatic rings. The zero-order valence-corrected chi connectivity index (χ0v) is 30.6. The van der Waals surface area contributed by atoms with Crippen LogP contribution in [0.2, 0.25) is 0 Å². The molecule has 9 heteroatoms. The summed E-state index contributed by atoms with van der Waals surface area (Å²) in [7, 11) is 0. The van der Waals surface area contributed by atoms with Gasteiger partial charge in [0.15, 0.2) is 0 Å². The van der Waals surface area contributed by atoms with Gasteiger partial charge in [-0.25, -0.2) is 0 Å². The molecule has 6 rings (SSSR count). The minimum Gasteiger partial charge on any atom is -0.508 e. The third-order valence-electron chi connectivity index (χ3n) is 11.1. The van der Waals surface area contributed by atoms with E-state index in [4.69, 9.17) is 19.5 Å². The Balaban J connectivity index is 1.58. The monoisotopic (exact) mass is 710 g/mol. The number of nitrogens with zero attached hydrogens (tertiary/aromatic N) is 2. The summed E-state index contributed by atoms with van der Waals surface area (Å²) in [5, 5.41) is 37.2. The van der Waals surface area contributed by atoms with E-state index in [9.17, 15) is 20.1 Å². The van der Waals surface area contributed by atoms with Crippen LogP contribution in [0.25, 0.3) is 10.8 Å². The van der Waals surface area contributed by atoms with E-state index in [2.05, 4.69) is 19.6 Å². The number of aromatic hydroxyl groups is 1. The number of carbonyl (C=O) groups is 1. The fraction of sp³-hybridized carbons (Fsp3) is 0.488. The lowest BCUT2D eigenvalue weighted by Crippen LogP contribution is -2.70. The lowest BCUT2D eigenvalue weighted by molar-refractivity contribution is -0.254. The van der Waals surface area contributed by atoms with Gasteiger partial charge in [0.1, 0.15) is 24.1 Å². The molecule has 0 bridgehead atoms. The Morgan fingerprint density at radius 3 is 2.52 bits per heavy atom. The van der Waals surface area contributed by atoms with Crippen LogP contribution < -0.4 is 4.74 Å². The number of oxime groups is 1. The molecule has 6 atom stereocenters. The van der Waals surface area contributed by atoms with Crippen LogP contribution in [0.3, 0.4) is 0 Å². The summed E-state index contributed by atoms with van der Waals surface area (Å²) in [6, 6.07) is 18.6. The third kappa shape index (κ3) is 7.36. The van der Waals surface area contributed by atoms with Crippen molar-refractivity contribution in [2.75, 3.05) is 33.0 Å². The van der Waals surface area contributed by atoms with Crippen LogP contribution in [0.15, 0.2) is 90.1 Å². The number of carbonyl (C=O) groups excluding carboxylic acids is 1. The van der Waals surface area contributed by atoms with Crippen LogP contribution in [0.1, 0.15) is 87.1 Å². The number of phenolic OH excluding ortho intramolecular Hbond substituents is 1. The molecular formula is C43H54N2O7. The van der Waals surface area contributed by atoms with E-state index in [0.717, 1.165) is 53.3 Å². The number of phenols is 1. The van der Waals surface area contributed by atoms with Crippen molar-refractivity contribution in [1.29, 1.82) is 0 Å². The first-order valence-electron chi connectivity index (χ1n) is 19.1. The minimum absolute atomic E-state index is 0.0954. The van der Waals surface area contributed by atoms with E-state index < -0.39 is 17.7 Å². The van der Waals surface area contributed by atoms with Crippen LogP contribution in [0, 0.1) is 17.8 Å². The summed E-state index contributed by atoms with van der Waals surface area (Å²) in [6.07, 6.45) is 9.86. The maximum Gasteiger partial charge on any atom is 0.254 e. The molecule has 0 aromatic heterocycles. The number of hydrogen-bond donors (Lipinski definition) is 3. The van der Waals surface area contributed by atoms with E-state index in [1.807, 2.05) is 66.4 Å². The van der Waals surface area contributed by atoms with Crippen molar-refractivity contribution in [2.24, 2.45) is 22.9 Å². The van der Waals surface area contributed by atoms with E-state index in [0.29, 0.717) is 50.1 Å². The number of benzene rings is 3. The van der Waals surface area contributed by atoms with Crippen LogP contribution in [-0.2, 0) is 9.57 Å². The van der Waals surface area contributed by atoms with Crippen LogP contribution in [0.5, 0.6) is 11.5 Å². The van der Waals surface area contributed by atoms with Crippen molar-refractivity contribution in [2.45, 2.75) is 83.0 Å². The molecule has 9 nitrogen and oxygen atoms in total. The largest absolute Gasteiger partial charge is 0.508 e. The van der Waals surface area contributed by atoms with Gasteiger partial charge in [-0.1, -0.05) is 67.4 Å². The molecule has 0 radical (unpaired) electrons. The van der Waals surface area contributed by atoms with E-state index in [1.165, 1.54) is 0 Å². The van der Waals surface area contributed by atoms with Gasteiger partial charge in [-0.05, 0) is 97.5 Å². The molecule has 1 amide bonds. The number of aliphatic hydroxyl groups excluding tert-OH is 2. The summed E-state index contributed by atoms with van der Waals surface area (Å²) in [6.45, 7) is 9.26. The van der Waals surface area contributed by atoms with Crippen molar-refractivity contribution in [3.63, 3.8) is 0 Å². The maximum atomic E-state index is 14.9. The zero-order valence-electron chi connectivity index (χ0n) is 30.6. The van der Waals surface area contributed by atoms with Crippen LogP contribution >= 0.6 is 0 Å². The van der Waals surface area contributed by atoms with Gasteiger partial charge >= 0.3 is 0 Å². The third-order valence-corrected chi connectivity index (χ3v) is 11.1. The predicted molar refractivity (Wildman–Crippen MR) is 204 cm³/mol. The van der Waals surface area contributed by atoms with E-state index in [-0.39, 0.29) is 49.2 Å². The Labute approximate surface area is 307 Å². The summed E-state index contributed by atoms with van der Waals surface area (Å²) in [5.41, 5.74) is 3.23. The lowest BCUT2D eigenvalue weighted by atomic mass is 9.55. The molecular weight excluding hydrogens is 656 g/mol. The summed E-state index contributed by atoms with van der Waals surface area (Å²) < 4.78 is 14.2. The normalized spacial score (nSPS) is 25.5. The van der Waals surface area contributed by atoms with Gasteiger partial charge in [-0.15, -0.1) is 6.58 Å². The lowest BCUT2D eigenvalue weighted by Gasteiger charge is -2.60. The quantitative estimate of drug-likeness (QED) is 0.0744. The summed E-state index contributed by atoms with van der Waals surface area (Å²) >= 11 is 0. The smallest absolute Gasteiger partial charge is 0.254 e. The highest BCUT2D eigenvalue weighted by Crippen LogP contribution is 2.62. The molecule has 3 aliphatic rings. The highest BCUT2D eigenvalue weighted by atomic mass is 16.7. The Kier molecular flexibility index (Phi) is 12.4. The van der Waals surface area contributed by atoms with Gasteiger partial charge in [0.25, 0.3) is 5.91 Å². The molecule has 0 saturated heterocycles. The number of ether oxygens (including phenoxy) is 2. The van der Waals surface area contributed by atoms with Gasteiger partial charge < -0.3 is 34.5 Å². The van der Waals surface area contributed by atoms with Gasteiger partial charge in [0, 0.05) is 43.2 Å². The number of amides is 1. The first-order chi connectivity index (χ1) is 25.4. The molecule has 1 aliphatic heterocycles. The average Bonchev–Trinajstić information content (AvgIpc) is 3.16. The molecule has 3 aromatic carbocycles.